The predicted molar refractivity (Wildman–Crippen MR) is 110 cm³/mol. The van der Waals surface area contributed by atoms with Gasteiger partial charge in [-0.05, 0) is 24.3 Å². The fourth-order valence-electron chi connectivity index (χ4n) is 3.02. The Balaban J connectivity index is 2.46. The number of hydrogen-bond donors (Lipinski definition) is 0. The lowest BCUT2D eigenvalue weighted by atomic mass is 10.1. The standard InChI is InChI=1S/C22H20O9/c1-11(23)29-15-10-16(27-4)20(28-5)21-17(15)18(25)22(30-12(2)24)19(31-21)13-6-8-14(26-3)9-7-13/h6-10H,1-5H3. The van der Waals surface area contributed by atoms with Gasteiger partial charge in [0.2, 0.25) is 16.9 Å². The summed E-state index contributed by atoms with van der Waals surface area (Å²) in [6, 6.07) is 7.91. The van der Waals surface area contributed by atoms with Crippen LogP contribution in [0.4, 0.5) is 0 Å². The van der Waals surface area contributed by atoms with E-state index in [1.54, 1.807) is 24.3 Å². The van der Waals surface area contributed by atoms with Crippen LogP contribution in [-0.2, 0) is 9.59 Å². The van der Waals surface area contributed by atoms with Crippen molar-refractivity contribution in [3.05, 3.63) is 40.6 Å². The van der Waals surface area contributed by atoms with Crippen LogP contribution in [0, 0.1) is 0 Å². The van der Waals surface area contributed by atoms with Crippen molar-refractivity contribution in [2.24, 2.45) is 0 Å². The van der Waals surface area contributed by atoms with E-state index >= 15 is 0 Å². The van der Waals surface area contributed by atoms with Crippen molar-refractivity contribution in [1.82, 2.24) is 0 Å². The van der Waals surface area contributed by atoms with Crippen molar-refractivity contribution < 1.29 is 37.7 Å². The molecule has 3 rings (SSSR count). The molecule has 31 heavy (non-hydrogen) atoms. The van der Waals surface area contributed by atoms with Crippen LogP contribution in [0.5, 0.6) is 28.7 Å². The van der Waals surface area contributed by atoms with Gasteiger partial charge < -0.3 is 28.1 Å². The molecule has 1 heterocycles. The first-order valence-corrected chi connectivity index (χ1v) is 9.07. The van der Waals surface area contributed by atoms with Gasteiger partial charge >= 0.3 is 11.9 Å². The van der Waals surface area contributed by atoms with Gasteiger partial charge in [-0.3, -0.25) is 14.4 Å². The van der Waals surface area contributed by atoms with Crippen molar-refractivity contribution in [3.63, 3.8) is 0 Å². The zero-order valence-corrected chi connectivity index (χ0v) is 17.6. The molecule has 9 heteroatoms. The molecule has 0 aliphatic carbocycles. The van der Waals surface area contributed by atoms with Crippen LogP contribution >= 0.6 is 0 Å². The molecule has 9 nitrogen and oxygen atoms in total. The molecule has 0 unspecified atom stereocenters. The Morgan fingerprint density at radius 1 is 0.806 bits per heavy atom. The van der Waals surface area contributed by atoms with E-state index in [2.05, 4.69) is 0 Å². The maximum absolute atomic E-state index is 13.4. The van der Waals surface area contributed by atoms with Crippen molar-refractivity contribution in [2.45, 2.75) is 13.8 Å². The molecule has 1 aromatic heterocycles. The van der Waals surface area contributed by atoms with Crippen molar-refractivity contribution in [3.8, 4) is 40.1 Å². The van der Waals surface area contributed by atoms with Gasteiger partial charge in [-0.25, -0.2) is 0 Å². The van der Waals surface area contributed by atoms with E-state index in [0.717, 1.165) is 6.92 Å². The van der Waals surface area contributed by atoms with Gasteiger partial charge in [-0.2, -0.15) is 0 Å². The smallest absolute Gasteiger partial charge is 0.308 e. The van der Waals surface area contributed by atoms with Gasteiger partial charge in [-0.1, -0.05) is 0 Å². The lowest BCUT2D eigenvalue weighted by Crippen LogP contribution is -2.15. The maximum atomic E-state index is 13.4. The van der Waals surface area contributed by atoms with Crippen LogP contribution < -0.4 is 29.1 Å². The third kappa shape index (κ3) is 4.16. The van der Waals surface area contributed by atoms with Crippen LogP contribution in [0.3, 0.4) is 0 Å². The SMILES string of the molecule is COc1ccc(-c2oc3c(OC)c(OC)cc(OC(C)=O)c3c(=O)c2OC(C)=O)cc1. The topological polar surface area (TPSA) is 110 Å². The fraction of sp³-hybridized carbons (Fsp3) is 0.227. The van der Waals surface area contributed by atoms with Crippen LogP contribution in [0.15, 0.2) is 39.5 Å². The number of esters is 2. The summed E-state index contributed by atoms with van der Waals surface area (Å²) in [5.41, 5.74) is -0.320. The van der Waals surface area contributed by atoms with E-state index in [1.165, 1.54) is 34.3 Å². The number of rotatable bonds is 6. The summed E-state index contributed by atoms with van der Waals surface area (Å²) in [7, 11) is 4.27. The Labute approximate surface area is 177 Å². The monoisotopic (exact) mass is 428 g/mol. The van der Waals surface area contributed by atoms with E-state index in [9.17, 15) is 14.4 Å². The molecular formula is C22H20O9. The summed E-state index contributed by atoms with van der Waals surface area (Å²) in [5, 5.41) is -0.138. The highest BCUT2D eigenvalue weighted by Gasteiger charge is 2.27. The second kappa shape index (κ2) is 8.78. The summed E-state index contributed by atoms with van der Waals surface area (Å²) in [5.74, 6) is -1.02. The second-order valence-electron chi connectivity index (χ2n) is 6.32. The first kappa shape index (κ1) is 21.7. The van der Waals surface area contributed by atoms with Crippen molar-refractivity contribution in [2.75, 3.05) is 21.3 Å². The number of hydrogen-bond acceptors (Lipinski definition) is 9. The largest absolute Gasteiger partial charge is 0.497 e. The highest BCUT2D eigenvalue weighted by molar-refractivity contribution is 5.95. The maximum Gasteiger partial charge on any atom is 0.308 e. The number of carbonyl (C=O) groups is 2. The van der Waals surface area contributed by atoms with Crippen LogP contribution in [0.2, 0.25) is 0 Å². The molecule has 3 aromatic rings. The third-order valence-electron chi connectivity index (χ3n) is 4.29. The molecule has 0 atom stereocenters. The number of methoxy groups -OCH3 is 3. The van der Waals surface area contributed by atoms with Crippen LogP contribution in [-0.4, -0.2) is 33.3 Å². The third-order valence-corrected chi connectivity index (χ3v) is 4.29. The highest BCUT2D eigenvalue weighted by atomic mass is 16.6. The molecule has 0 bridgehead atoms. The predicted octanol–water partition coefficient (Wildman–Crippen LogP) is 3.34. The molecule has 0 radical (unpaired) electrons. The Kier molecular flexibility index (Phi) is 6.15. The molecular weight excluding hydrogens is 408 g/mol. The fourth-order valence-corrected chi connectivity index (χ4v) is 3.02. The number of carbonyl (C=O) groups excluding carboxylic acids is 2. The molecule has 0 aliphatic heterocycles. The minimum Gasteiger partial charge on any atom is -0.497 e. The Bertz CT molecular complexity index is 1210. The summed E-state index contributed by atoms with van der Waals surface area (Å²) < 4.78 is 32.2. The van der Waals surface area contributed by atoms with Gasteiger partial charge in [0, 0.05) is 25.5 Å². The molecule has 162 valence electrons. The van der Waals surface area contributed by atoms with Crippen molar-refractivity contribution >= 4 is 22.9 Å². The summed E-state index contributed by atoms with van der Waals surface area (Å²) >= 11 is 0. The normalized spacial score (nSPS) is 10.5. The minimum atomic E-state index is -0.726. The van der Waals surface area contributed by atoms with E-state index in [0.29, 0.717) is 11.3 Å². The number of ether oxygens (including phenoxy) is 5. The first-order chi connectivity index (χ1) is 14.8. The Hall–Kier alpha value is -4.01. The van der Waals surface area contributed by atoms with Crippen LogP contribution in [0.1, 0.15) is 13.8 Å². The molecule has 0 fully saturated rings. The number of fused-ring (bicyclic) bond motifs is 1. The minimum absolute atomic E-state index is 0.0179. The lowest BCUT2D eigenvalue weighted by Gasteiger charge is -2.16. The van der Waals surface area contributed by atoms with Crippen molar-refractivity contribution in [1.29, 1.82) is 0 Å². The summed E-state index contributed by atoms with van der Waals surface area (Å²) in [4.78, 5) is 36.7. The first-order valence-electron chi connectivity index (χ1n) is 9.07. The average molecular weight is 428 g/mol. The quantitative estimate of drug-likeness (QED) is 0.431. The zero-order chi connectivity index (χ0) is 22.7. The van der Waals surface area contributed by atoms with E-state index < -0.39 is 17.4 Å². The molecule has 0 spiro atoms. The lowest BCUT2D eigenvalue weighted by molar-refractivity contribution is -0.133. The van der Waals surface area contributed by atoms with Gasteiger partial charge in [0.1, 0.15) is 16.9 Å². The second-order valence-corrected chi connectivity index (χ2v) is 6.32. The van der Waals surface area contributed by atoms with E-state index in [-0.39, 0.29) is 39.7 Å². The summed E-state index contributed by atoms with van der Waals surface area (Å²) in [6.07, 6.45) is 0. The Morgan fingerprint density at radius 2 is 1.45 bits per heavy atom. The van der Waals surface area contributed by atoms with E-state index in [1.807, 2.05) is 0 Å². The molecule has 0 amide bonds. The molecule has 2 aromatic carbocycles. The molecule has 0 N–H and O–H groups in total. The van der Waals surface area contributed by atoms with Gasteiger partial charge in [0.25, 0.3) is 0 Å². The van der Waals surface area contributed by atoms with Crippen LogP contribution in [0.25, 0.3) is 22.3 Å². The van der Waals surface area contributed by atoms with Gasteiger partial charge in [0.05, 0.1) is 21.3 Å². The molecule has 0 aliphatic rings. The molecule has 0 saturated carbocycles. The zero-order valence-electron chi connectivity index (χ0n) is 17.6. The molecule has 0 saturated heterocycles. The van der Waals surface area contributed by atoms with Gasteiger partial charge in [-0.15, -0.1) is 0 Å². The van der Waals surface area contributed by atoms with E-state index in [4.69, 9.17) is 28.1 Å². The Morgan fingerprint density at radius 3 is 1.97 bits per heavy atom. The highest BCUT2D eigenvalue weighted by Crippen LogP contribution is 2.43. The number of benzene rings is 2. The average Bonchev–Trinajstić information content (AvgIpc) is 2.74. The van der Waals surface area contributed by atoms with Gasteiger partial charge in [0.15, 0.2) is 17.1 Å². The summed E-state index contributed by atoms with van der Waals surface area (Å²) in [6.45, 7) is 2.34.